The Morgan fingerprint density at radius 3 is 2.65 bits per heavy atom. The molecule has 0 aliphatic rings. The number of pyridine rings is 1. The summed E-state index contributed by atoms with van der Waals surface area (Å²) in [7, 11) is 0. The zero-order valence-electron chi connectivity index (χ0n) is 13.0. The first-order valence-electron chi connectivity index (χ1n) is 7.42. The van der Waals surface area contributed by atoms with E-state index in [2.05, 4.69) is 29.1 Å². The highest BCUT2D eigenvalue weighted by Crippen LogP contribution is 2.25. The van der Waals surface area contributed by atoms with Crippen LogP contribution in [0.15, 0.2) is 54.0 Å². The SMILES string of the molecule is CC(C)c1ccccc1NC(=O)c1csc(-c2ccccn2)n1. The Bertz CT molecular complexity index is 812. The van der Waals surface area contributed by atoms with Gasteiger partial charge in [0.25, 0.3) is 5.91 Å². The van der Waals surface area contributed by atoms with E-state index in [1.54, 1.807) is 11.6 Å². The molecule has 0 saturated carbocycles. The molecule has 1 amide bonds. The summed E-state index contributed by atoms with van der Waals surface area (Å²) >= 11 is 1.42. The second-order valence-electron chi connectivity index (χ2n) is 5.45. The van der Waals surface area contributed by atoms with Crippen molar-refractivity contribution < 1.29 is 4.79 Å². The van der Waals surface area contributed by atoms with Crippen LogP contribution in [0, 0.1) is 0 Å². The lowest BCUT2D eigenvalue weighted by Crippen LogP contribution is -2.14. The Morgan fingerprint density at radius 2 is 1.91 bits per heavy atom. The van der Waals surface area contributed by atoms with E-state index in [-0.39, 0.29) is 5.91 Å². The molecule has 5 heteroatoms. The Labute approximate surface area is 139 Å². The number of carbonyl (C=O) groups excluding carboxylic acids is 1. The fourth-order valence-corrected chi connectivity index (χ4v) is 3.06. The number of nitrogens with one attached hydrogen (secondary N) is 1. The first kappa shape index (κ1) is 15.4. The van der Waals surface area contributed by atoms with Crippen molar-refractivity contribution >= 4 is 22.9 Å². The van der Waals surface area contributed by atoms with Gasteiger partial charge in [-0.2, -0.15) is 0 Å². The second kappa shape index (κ2) is 6.71. The van der Waals surface area contributed by atoms with Gasteiger partial charge in [-0.3, -0.25) is 9.78 Å². The molecular formula is C18H17N3OS. The van der Waals surface area contributed by atoms with Crippen LogP contribution >= 0.6 is 11.3 Å². The van der Waals surface area contributed by atoms with Crippen LogP contribution in [0.1, 0.15) is 35.8 Å². The van der Waals surface area contributed by atoms with E-state index in [9.17, 15) is 4.79 Å². The van der Waals surface area contributed by atoms with Crippen molar-refractivity contribution in [2.45, 2.75) is 19.8 Å². The van der Waals surface area contributed by atoms with Gasteiger partial charge in [-0.1, -0.05) is 38.1 Å². The largest absolute Gasteiger partial charge is 0.320 e. The van der Waals surface area contributed by atoms with Crippen molar-refractivity contribution in [1.82, 2.24) is 9.97 Å². The number of para-hydroxylation sites is 1. The van der Waals surface area contributed by atoms with E-state index in [1.165, 1.54) is 11.3 Å². The molecule has 2 aromatic heterocycles. The van der Waals surface area contributed by atoms with Crippen molar-refractivity contribution in [3.8, 4) is 10.7 Å². The van der Waals surface area contributed by atoms with E-state index in [0.717, 1.165) is 22.0 Å². The highest BCUT2D eigenvalue weighted by atomic mass is 32.1. The van der Waals surface area contributed by atoms with Gasteiger partial charge in [0.05, 0.1) is 5.69 Å². The van der Waals surface area contributed by atoms with Crippen LogP contribution in [0.3, 0.4) is 0 Å². The molecule has 116 valence electrons. The molecule has 1 aromatic carbocycles. The van der Waals surface area contributed by atoms with Crippen LogP contribution in [0.25, 0.3) is 10.7 Å². The number of thiazole rings is 1. The van der Waals surface area contributed by atoms with Gasteiger partial charge in [-0.15, -0.1) is 11.3 Å². The zero-order chi connectivity index (χ0) is 16.2. The van der Waals surface area contributed by atoms with Crippen LogP contribution in [0.5, 0.6) is 0 Å². The molecule has 0 atom stereocenters. The van der Waals surface area contributed by atoms with E-state index in [1.807, 2.05) is 42.5 Å². The van der Waals surface area contributed by atoms with Gasteiger partial charge in [-0.05, 0) is 29.7 Å². The molecule has 3 rings (SSSR count). The lowest BCUT2D eigenvalue weighted by atomic mass is 10.0. The van der Waals surface area contributed by atoms with Gasteiger partial charge < -0.3 is 5.32 Å². The maximum Gasteiger partial charge on any atom is 0.275 e. The standard InChI is InChI=1S/C18H17N3OS/c1-12(2)13-7-3-4-8-14(13)20-17(22)16-11-23-18(21-16)15-9-5-6-10-19-15/h3-12H,1-2H3,(H,20,22). The van der Waals surface area contributed by atoms with Crippen LogP contribution in [0.2, 0.25) is 0 Å². The van der Waals surface area contributed by atoms with Gasteiger partial charge in [0.2, 0.25) is 0 Å². The Hall–Kier alpha value is -2.53. The van der Waals surface area contributed by atoms with Crippen LogP contribution < -0.4 is 5.32 Å². The molecule has 0 aliphatic carbocycles. The second-order valence-corrected chi connectivity index (χ2v) is 6.31. The van der Waals surface area contributed by atoms with Gasteiger partial charge in [0, 0.05) is 17.3 Å². The van der Waals surface area contributed by atoms with E-state index in [4.69, 9.17) is 0 Å². The molecule has 2 heterocycles. The number of hydrogen-bond donors (Lipinski definition) is 1. The lowest BCUT2D eigenvalue weighted by Gasteiger charge is -2.12. The molecule has 0 saturated heterocycles. The third-order valence-electron chi connectivity index (χ3n) is 3.45. The lowest BCUT2D eigenvalue weighted by molar-refractivity contribution is 0.102. The summed E-state index contributed by atoms with van der Waals surface area (Å²) in [4.78, 5) is 21.1. The maximum atomic E-state index is 12.4. The summed E-state index contributed by atoms with van der Waals surface area (Å²) < 4.78 is 0. The fourth-order valence-electron chi connectivity index (χ4n) is 2.29. The van der Waals surface area contributed by atoms with Gasteiger partial charge >= 0.3 is 0 Å². The monoisotopic (exact) mass is 323 g/mol. The van der Waals surface area contributed by atoms with Crippen molar-refractivity contribution in [2.24, 2.45) is 0 Å². The van der Waals surface area contributed by atoms with Crippen LogP contribution in [-0.2, 0) is 0 Å². The van der Waals surface area contributed by atoms with Crippen LogP contribution in [-0.4, -0.2) is 15.9 Å². The Kier molecular flexibility index (Phi) is 4.48. The third-order valence-corrected chi connectivity index (χ3v) is 4.32. The Balaban J connectivity index is 1.81. The first-order valence-corrected chi connectivity index (χ1v) is 8.30. The molecule has 0 radical (unpaired) electrons. The smallest absolute Gasteiger partial charge is 0.275 e. The predicted molar refractivity (Wildman–Crippen MR) is 93.8 cm³/mol. The Morgan fingerprint density at radius 1 is 1.13 bits per heavy atom. The van der Waals surface area contributed by atoms with Gasteiger partial charge in [0.1, 0.15) is 10.7 Å². The molecule has 0 bridgehead atoms. The number of nitrogens with zero attached hydrogens (tertiary/aromatic N) is 2. The summed E-state index contributed by atoms with van der Waals surface area (Å²) in [6.07, 6.45) is 1.72. The predicted octanol–water partition coefficient (Wildman–Crippen LogP) is 4.58. The summed E-state index contributed by atoms with van der Waals surface area (Å²) in [6, 6.07) is 13.5. The zero-order valence-corrected chi connectivity index (χ0v) is 13.8. The average molecular weight is 323 g/mol. The number of aromatic nitrogens is 2. The molecular weight excluding hydrogens is 306 g/mol. The number of hydrogen-bond acceptors (Lipinski definition) is 4. The highest BCUT2D eigenvalue weighted by molar-refractivity contribution is 7.13. The van der Waals surface area contributed by atoms with Gasteiger partial charge in [0.15, 0.2) is 0 Å². The molecule has 4 nitrogen and oxygen atoms in total. The maximum absolute atomic E-state index is 12.4. The minimum Gasteiger partial charge on any atom is -0.320 e. The summed E-state index contributed by atoms with van der Waals surface area (Å²) in [5, 5.41) is 5.46. The summed E-state index contributed by atoms with van der Waals surface area (Å²) in [5.41, 5.74) is 3.13. The van der Waals surface area contributed by atoms with Crippen molar-refractivity contribution in [3.05, 3.63) is 65.3 Å². The molecule has 1 N–H and O–H groups in total. The number of amides is 1. The van der Waals surface area contributed by atoms with Crippen LogP contribution in [0.4, 0.5) is 5.69 Å². The van der Waals surface area contributed by atoms with Gasteiger partial charge in [-0.25, -0.2) is 4.98 Å². The van der Waals surface area contributed by atoms with E-state index >= 15 is 0 Å². The minimum absolute atomic E-state index is 0.198. The van der Waals surface area contributed by atoms with Crippen molar-refractivity contribution in [2.75, 3.05) is 5.32 Å². The number of rotatable bonds is 4. The highest BCUT2D eigenvalue weighted by Gasteiger charge is 2.14. The number of benzene rings is 1. The number of anilines is 1. The molecule has 0 fully saturated rings. The minimum atomic E-state index is -0.198. The molecule has 0 unspecified atom stereocenters. The quantitative estimate of drug-likeness (QED) is 0.764. The third kappa shape index (κ3) is 3.46. The summed E-state index contributed by atoms with van der Waals surface area (Å²) in [6.45, 7) is 4.21. The van der Waals surface area contributed by atoms with Crippen molar-refractivity contribution in [3.63, 3.8) is 0 Å². The first-order chi connectivity index (χ1) is 11.1. The normalized spacial score (nSPS) is 10.7. The molecule has 0 aliphatic heterocycles. The van der Waals surface area contributed by atoms with E-state index in [0.29, 0.717) is 11.6 Å². The fraction of sp³-hybridized carbons (Fsp3) is 0.167. The average Bonchev–Trinajstić information content (AvgIpc) is 3.06. The molecule has 0 spiro atoms. The topological polar surface area (TPSA) is 54.9 Å². The van der Waals surface area contributed by atoms with Crippen molar-refractivity contribution in [1.29, 1.82) is 0 Å². The molecule has 23 heavy (non-hydrogen) atoms. The van der Waals surface area contributed by atoms with E-state index < -0.39 is 0 Å². The summed E-state index contributed by atoms with van der Waals surface area (Å²) in [5.74, 6) is 0.141. The number of carbonyl (C=O) groups is 1. The molecule has 3 aromatic rings.